The van der Waals surface area contributed by atoms with Gasteiger partial charge in [-0.25, -0.2) is 9.89 Å². The second kappa shape index (κ2) is 8.16. The number of carbonyl (C=O) groups is 1. The molecule has 0 spiro atoms. The molecule has 1 aliphatic rings. The quantitative estimate of drug-likeness (QED) is 0.761. The largest absolute Gasteiger partial charge is 0.574 e. The fourth-order valence-electron chi connectivity index (χ4n) is 2.72. The lowest BCUT2D eigenvalue weighted by atomic mass is 9.90. The molecule has 2 N–H and O–H groups in total. The second-order valence-electron chi connectivity index (χ2n) is 6.05. The maximum atomic E-state index is 12.7. The van der Waals surface area contributed by atoms with Crippen molar-refractivity contribution in [3.8, 4) is 29.5 Å². The number of hydrogen-bond donors (Lipinski definition) is 2. The van der Waals surface area contributed by atoms with E-state index in [1.807, 2.05) is 0 Å². The Labute approximate surface area is 157 Å². The van der Waals surface area contributed by atoms with Crippen LogP contribution in [0, 0.1) is 17.8 Å². The van der Waals surface area contributed by atoms with E-state index < -0.39 is 29.8 Å². The molecule has 3 rings (SSSR count). The van der Waals surface area contributed by atoms with Gasteiger partial charge in [-0.3, -0.25) is 0 Å². The molecule has 2 heterocycles. The van der Waals surface area contributed by atoms with Crippen LogP contribution in [0.15, 0.2) is 12.1 Å². The van der Waals surface area contributed by atoms with E-state index in [1.54, 1.807) is 0 Å². The van der Waals surface area contributed by atoms with Crippen LogP contribution in [-0.2, 0) is 0 Å². The van der Waals surface area contributed by atoms with Crippen molar-refractivity contribution in [2.24, 2.45) is 5.92 Å². The van der Waals surface area contributed by atoms with Crippen LogP contribution in [-0.4, -0.2) is 37.8 Å². The molecule has 1 saturated carbocycles. The Morgan fingerprint density at radius 2 is 1.96 bits per heavy atom. The van der Waals surface area contributed by atoms with Gasteiger partial charge in [0.05, 0.1) is 5.56 Å². The fraction of sp³-hybridized carbons (Fsp3) is 0.412. The van der Waals surface area contributed by atoms with Crippen LogP contribution in [0.1, 0.15) is 48.2 Å². The van der Waals surface area contributed by atoms with Gasteiger partial charge in [-0.1, -0.05) is 41.4 Å². The molecule has 1 aliphatic carbocycles. The number of carboxylic acids is 1. The molecule has 0 unspecified atom stereocenters. The van der Waals surface area contributed by atoms with Gasteiger partial charge in [0.1, 0.15) is 0 Å². The Morgan fingerprint density at radius 3 is 2.64 bits per heavy atom. The predicted molar refractivity (Wildman–Crippen MR) is 87.8 cm³/mol. The summed E-state index contributed by atoms with van der Waals surface area (Å²) in [6.45, 7) is 0. The third-order valence-corrected chi connectivity index (χ3v) is 3.99. The topological polar surface area (TPSA) is 110 Å². The number of aromatic nitrogens is 4. The predicted octanol–water partition coefficient (Wildman–Crippen LogP) is 3.52. The molecule has 0 amide bonds. The average molecular weight is 396 g/mol. The number of carboxylic acid groups (broad SMARTS) is 1. The number of nitrogens with zero attached hydrogens (tertiary/aromatic N) is 3. The zero-order chi connectivity index (χ0) is 20.1. The molecular weight excluding hydrogens is 381 g/mol. The summed E-state index contributed by atoms with van der Waals surface area (Å²) in [6, 6.07) is 2.51. The molecule has 0 aliphatic heterocycles. The highest BCUT2D eigenvalue weighted by Crippen LogP contribution is 2.29. The summed E-state index contributed by atoms with van der Waals surface area (Å²) in [5, 5.41) is 17.8. The Bertz CT molecular complexity index is 911. The zero-order valence-electron chi connectivity index (χ0n) is 14.4. The molecule has 2 aromatic heterocycles. The maximum absolute atomic E-state index is 12.7. The van der Waals surface area contributed by atoms with E-state index in [2.05, 4.69) is 37.0 Å². The fourth-order valence-corrected chi connectivity index (χ4v) is 2.72. The second-order valence-corrected chi connectivity index (χ2v) is 6.05. The normalized spacial score (nSPS) is 14.8. The summed E-state index contributed by atoms with van der Waals surface area (Å²) < 4.78 is 47.3. The zero-order valence-corrected chi connectivity index (χ0v) is 14.4. The van der Waals surface area contributed by atoms with E-state index >= 15 is 0 Å². The molecule has 1 fully saturated rings. The van der Waals surface area contributed by atoms with Gasteiger partial charge in [0, 0.05) is 12.0 Å². The molecule has 28 heavy (non-hydrogen) atoms. The van der Waals surface area contributed by atoms with Gasteiger partial charge in [0.15, 0.2) is 0 Å². The molecule has 148 valence electrons. The lowest BCUT2D eigenvalue weighted by molar-refractivity contribution is -0.276. The molecule has 11 heteroatoms. The van der Waals surface area contributed by atoms with Gasteiger partial charge in [0.2, 0.25) is 17.5 Å². The van der Waals surface area contributed by atoms with Gasteiger partial charge in [-0.15, -0.1) is 13.2 Å². The van der Waals surface area contributed by atoms with Crippen molar-refractivity contribution in [3.05, 3.63) is 23.4 Å². The van der Waals surface area contributed by atoms with E-state index in [0.29, 0.717) is 0 Å². The summed E-state index contributed by atoms with van der Waals surface area (Å²) in [4.78, 5) is 14.7. The highest BCUT2D eigenvalue weighted by molar-refractivity contribution is 5.87. The minimum absolute atomic E-state index is 0.0474. The third kappa shape index (κ3) is 5.12. The van der Waals surface area contributed by atoms with Crippen molar-refractivity contribution in [3.63, 3.8) is 0 Å². The number of ether oxygens (including phenoxy) is 2. The first-order chi connectivity index (χ1) is 13.3. The SMILES string of the molecule is O=C(O)c1[nH]nnc1Oc1ccc(C#CC2CCCCC2)c(OC(F)(F)F)n1. The standard InChI is InChI=1S/C17H15F3N4O4/c18-17(19,20)28-14-11(7-6-10-4-2-1-3-5-10)8-9-12(21-14)27-15-13(16(25)26)22-24-23-15/h8-10H,1-5H2,(H,25,26)(H,22,23,24). The first-order valence-corrected chi connectivity index (χ1v) is 8.42. The van der Waals surface area contributed by atoms with Crippen LogP contribution in [0.4, 0.5) is 13.2 Å². The summed E-state index contributed by atoms with van der Waals surface area (Å²) in [5.74, 6) is 2.81. The van der Waals surface area contributed by atoms with Crippen LogP contribution in [0.2, 0.25) is 0 Å². The molecule has 2 aromatic rings. The van der Waals surface area contributed by atoms with Crippen molar-refractivity contribution in [2.45, 2.75) is 38.5 Å². The Morgan fingerprint density at radius 1 is 1.21 bits per heavy atom. The monoisotopic (exact) mass is 396 g/mol. The highest BCUT2D eigenvalue weighted by Gasteiger charge is 2.33. The maximum Gasteiger partial charge on any atom is 0.574 e. The van der Waals surface area contributed by atoms with Crippen LogP contribution in [0.25, 0.3) is 0 Å². The summed E-state index contributed by atoms with van der Waals surface area (Å²) in [5.41, 5.74) is -0.518. The van der Waals surface area contributed by atoms with Crippen molar-refractivity contribution < 1.29 is 32.5 Å². The van der Waals surface area contributed by atoms with E-state index in [9.17, 15) is 18.0 Å². The number of halogens is 3. The Balaban J connectivity index is 1.87. The average Bonchev–Trinajstić information content (AvgIpc) is 3.09. The third-order valence-electron chi connectivity index (χ3n) is 3.99. The van der Waals surface area contributed by atoms with Gasteiger partial charge in [0.25, 0.3) is 5.88 Å². The van der Waals surface area contributed by atoms with Crippen molar-refractivity contribution in [2.75, 3.05) is 0 Å². The number of pyridine rings is 1. The van der Waals surface area contributed by atoms with Crippen LogP contribution in [0.5, 0.6) is 17.6 Å². The molecule has 8 nitrogen and oxygen atoms in total. The molecular formula is C17H15F3N4O4. The summed E-state index contributed by atoms with van der Waals surface area (Å²) >= 11 is 0. The van der Waals surface area contributed by atoms with Crippen molar-refractivity contribution in [1.82, 2.24) is 20.4 Å². The number of hydrogen-bond acceptors (Lipinski definition) is 6. The Hall–Kier alpha value is -3.29. The molecule has 0 atom stereocenters. The van der Waals surface area contributed by atoms with Crippen molar-refractivity contribution >= 4 is 5.97 Å². The van der Waals surface area contributed by atoms with Gasteiger partial charge in [-0.05, 0) is 18.9 Å². The number of aromatic amines is 1. The summed E-state index contributed by atoms with van der Waals surface area (Å²) in [6.07, 6.45) is 0.0454. The number of nitrogens with one attached hydrogen (secondary N) is 1. The van der Waals surface area contributed by atoms with Crippen LogP contribution in [0.3, 0.4) is 0 Å². The van der Waals surface area contributed by atoms with E-state index in [0.717, 1.165) is 32.1 Å². The lowest BCUT2D eigenvalue weighted by Crippen LogP contribution is -2.19. The summed E-state index contributed by atoms with van der Waals surface area (Å²) in [7, 11) is 0. The molecule has 0 saturated heterocycles. The molecule has 0 aromatic carbocycles. The molecule has 0 bridgehead atoms. The lowest BCUT2D eigenvalue weighted by Gasteiger charge is -2.15. The van der Waals surface area contributed by atoms with Crippen molar-refractivity contribution in [1.29, 1.82) is 0 Å². The number of rotatable bonds is 4. The van der Waals surface area contributed by atoms with Crippen LogP contribution >= 0.6 is 0 Å². The van der Waals surface area contributed by atoms with E-state index in [-0.39, 0.29) is 17.4 Å². The Kier molecular flexibility index (Phi) is 5.67. The van der Waals surface area contributed by atoms with E-state index in [1.165, 1.54) is 12.1 Å². The van der Waals surface area contributed by atoms with Gasteiger partial charge >= 0.3 is 12.3 Å². The highest BCUT2D eigenvalue weighted by atomic mass is 19.4. The first-order valence-electron chi connectivity index (χ1n) is 8.42. The number of H-pyrrole nitrogens is 1. The minimum Gasteiger partial charge on any atom is -0.476 e. The first kappa shape index (κ1) is 19.5. The van der Waals surface area contributed by atoms with Crippen LogP contribution < -0.4 is 9.47 Å². The van der Waals surface area contributed by atoms with Gasteiger partial charge in [-0.2, -0.15) is 4.98 Å². The minimum atomic E-state index is -4.98. The van der Waals surface area contributed by atoms with Gasteiger partial charge < -0.3 is 14.6 Å². The molecule has 0 radical (unpaired) electrons. The van der Waals surface area contributed by atoms with E-state index in [4.69, 9.17) is 9.84 Å². The smallest absolute Gasteiger partial charge is 0.476 e. The number of aromatic carboxylic acids is 1. The number of alkyl halides is 3.